The van der Waals surface area contributed by atoms with Crippen LogP contribution in [-0.2, 0) is 11.2 Å². The van der Waals surface area contributed by atoms with Crippen molar-refractivity contribution in [3.8, 4) is 0 Å². The zero-order chi connectivity index (χ0) is 14.5. The Kier molecular flexibility index (Phi) is 6.22. The maximum Gasteiger partial charge on any atom is 0.224 e. The van der Waals surface area contributed by atoms with E-state index in [0.29, 0.717) is 6.54 Å². The molecule has 118 valence electrons. The number of piperidine rings is 1. The van der Waals surface area contributed by atoms with Crippen LogP contribution in [0.1, 0.15) is 18.4 Å². The third-order valence-corrected chi connectivity index (χ3v) is 4.19. The van der Waals surface area contributed by atoms with Crippen molar-refractivity contribution in [1.29, 1.82) is 0 Å². The number of amides is 1. The van der Waals surface area contributed by atoms with Gasteiger partial charge in [-0.15, -0.1) is 12.4 Å². The standard InChI is InChI=1S/C18H22N2O.ClH/c21-18(17-6-3-10-19-13-17)20-11-9-14-7-8-15-4-1-2-5-16(15)12-14;/h1-2,4-5,7-8,12,17,19H,3,6,9-11,13H2,(H,20,21);1H. The molecule has 2 N–H and O–H groups in total. The number of carbonyl (C=O) groups is 1. The van der Waals surface area contributed by atoms with Crippen LogP contribution in [0.25, 0.3) is 10.8 Å². The van der Waals surface area contributed by atoms with Crippen molar-refractivity contribution < 1.29 is 4.79 Å². The van der Waals surface area contributed by atoms with E-state index >= 15 is 0 Å². The maximum atomic E-state index is 12.0. The number of halogens is 1. The van der Waals surface area contributed by atoms with E-state index in [1.54, 1.807) is 0 Å². The fourth-order valence-corrected chi connectivity index (χ4v) is 2.94. The van der Waals surface area contributed by atoms with E-state index in [1.807, 2.05) is 0 Å². The zero-order valence-electron chi connectivity index (χ0n) is 12.7. The van der Waals surface area contributed by atoms with Crippen molar-refractivity contribution in [3.05, 3.63) is 48.0 Å². The predicted octanol–water partition coefficient (Wildman–Crippen LogP) is 2.92. The molecule has 1 unspecified atom stereocenters. The van der Waals surface area contributed by atoms with Crippen LogP contribution in [0.15, 0.2) is 42.5 Å². The summed E-state index contributed by atoms with van der Waals surface area (Å²) in [6.45, 7) is 2.58. The molecular formula is C18H23ClN2O. The van der Waals surface area contributed by atoms with Crippen LogP contribution in [0.2, 0.25) is 0 Å². The van der Waals surface area contributed by atoms with Crippen molar-refractivity contribution >= 4 is 29.1 Å². The molecule has 2 aromatic rings. The molecule has 2 aromatic carbocycles. The summed E-state index contributed by atoms with van der Waals surface area (Å²) in [7, 11) is 0. The molecule has 1 amide bonds. The minimum absolute atomic E-state index is 0. The van der Waals surface area contributed by atoms with Gasteiger partial charge in [0.05, 0.1) is 5.92 Å². The number of carbonyl (C=O) groups excluding carboxylic acids is 1. The molecule has 22 heavy (non-hydrogen) atoms. The van der Waals surface area contributed by atoms with Gasteiger partial charge in [-0.25, -0.2) is 0 Å². The molecule has 1 aliphatic rings. The SMILES string of the molecule is Cl.O=C(NCCc1ccc2ccccc2c1)C1CCCNC1. The van der Waals surface area contributed by atoms with Crippen LogP contribution in [0.4, 0.5) is 0 Å². The van der Waals surface area contributed by atoms with Crippen LogP contribution in [0, 0.1) is 5.92 Å². The average molecular weight is 319 g/mol. The van der Waals surface area contributed by atoms with Crippen molar-refractivity contribution in [2.24, 2.45) is 5.92 Å². The summed E-state index contributed by atoms with van der Waals surface area (Å²) in [5, 5.41) is 8.88. The van der Waals surface area contributed by atoms with Gasteiger partial charge in [-0.2, -0.15) is 0 Å². The van der Waals surface area contributed by atoms with Crippen LogP contribution in [0.5, 0.6) is 0 Å². The number of benzene rings is 2. The third-order valence-electron chi connectivity index (χ3n) is 4.19. The lowest BCUT2D eigenvalue weighted by atomic mass is 9.99. The third kappa shape index (κ3) is 4.21. The molecule has 3 nitrogen and oxygen atoms in total. The van der Waals surface area contributed by atoms with Crippen molar-refractivity contribution in [3.63, 3.8) is 0 Å². The second-order valence-corrected chi connectivity index (χ2v) is 5.77. The minimum atomic E-state index is 0. The summed E-state index contributed by atoms with van der Waals surface area (Å²) >= 11 is 0. The average Bonchev–Trinajstić information content (AvgIpc) is 2.55. The molecule has 0 spiro atoms. The fraction of sp³-hybridized carbons (Fsp3) is 0.389. The first-order valence-corrected chi connectivity index (χ1v) is 7.79. The van der Waals surface area contributed by atoms with Gasteiger partial charge < -0.3 is 10.6 Å². The molecule has 4 heteroatoms. The fourth-order valence-electron chi connectivity index (χ4n) is 2.94. The van der Waals surface area contributed by atoms with Crippen LogP contribution >= 0.6 is 12.4 Å². The number of hydrogen-bond donors (Lipinski definition) is 2. The number of rotatable bonds is 4. The topological polar surface area (TPSA) is 41.1 Å². The van der Waals surface area contributed by atoms with Crippen LogP contribution < -0.4 is 10.6 Å². The summed E-state index contributed by atoms with van der Waals surface area (Å²) in [5.41, 5.74) is 1.27. The summed E-state index contributed by atoms with van der Waals surface area (Å²) < 4.78 is 0. The molecule has 1 atom stereocenters. The Morgan fingerprint density at radius 3 is 2.77 bits per heavy atom. The normalized spacial score (nSPS) is 17.7. The first-order chi connectivity index (χ1) is 10.3. The van der Waals surface area contributed by atoms with E-state index in [0.717, 1.165) is 32.4 Å². The van der Waals surface area contributed by atoms with Gasteiger partial charge in [0.25, 0.3) is 0 Å². The summed E-state index contributed by atoms with van der Waals surface area (Å²) in [6.07, 6.45) is 2.99. The highest BCUT2D eigenvalue weighted by Gasteiger charge is 2.20. The Hall–Kier alpha value is -1.58. The molecular weight excluding hydrogens is 296 g/mol. The number of hydrogen-bond acceptors (Lipinski definition) is 2. The van der Waals surface area contributed by atoms with E-state index in [1.165, 1.54) is 16.3 Å². The van der Waals surface area contributed by atoms with E-state index in [9.17, 15) is 4.79 Å². The highest BCUT2D eigenvalue weighted by Crippen LogP contribution is 2.16. The lowest BCUT2D eigenvalue weighted by Crippen LogP contribution is -2.41. The summed E-state index contributed by atoms with van der Waals surface area (Å²) in [5.74, 6) is 0.346. The van der Waals surface area contributed by atoms with Gasteiger partial charge in [0, 0.05) is 13.1 Å². The monoisotopic (exact) mass is 318 g/mol. The van der Waals surface area contributed by atoms with Gasteiger partial charge in [-0.1, -0.05) is 42.5 Å². The van der Waals surface area contributed by atoms with Crippen molar-refractivity contribution in [1.82, 2.24) is 10.6 Å². The Bertz CT molecular complexity index is 623. The van der Waals surface area contributed by atoms with Gasteiger partial charge in [0.1, 0.15) is 0 Å². The predicted molar refractivity (Wildman–Crippen MR) is 93.5 cm³/mol. The van der Waals surface area contributed by atoms with Crippen molar-refractivity contribution in [2.45, 2.75) is 19.3 Å². The summed E-state index contributed by atoms with van der Waals surface area (Å²) in [6, 6.07) is 14.9. The maximum absolute atomic E-state index is 12.0. The molecule has 0 radical (unpaired) electrons. The molecule has 0 saturated carbocycles. The largest absolute Gasteiger partial charge is 0.355 e. The zero-order valence-corrected chi connectivity index (χ0v) is 13.5. The number of fused-ring (bicyclic) bond motifs is 1. The lowest BCUT2D eigenvalue weighted by Gasteiger charge is -2.21. The van der Waals surface area contributed by atoms with E-state index in [-0.39, 0.29) is 24.2 Å². The Balaban J connectivity index is 0.00000176. The smallest absolute Gasteiger partial charge is 0.224 e. The highest BCUT2D eigenvalue weighted by atomic mass is 35.5. The minimum Gasteiger partial charge on any atom is -0.355 e. The lowest BCUT2D eigenvalue weighted by molar-refractivity contribution is -0.125. The molecule has 0 aliphatic carbocycles. The van der Waals surface area contributed by atoms with Gasteiger partial charge in [0.2, 0.25) is 5.91 Å². The second kappa shape index (κ2) is 8.16. The molecule has 0 bridgehead atoms. The molecule has 3 rings (SSSR count). The molecule has 1 heterocycles. The molecule has 1 saturated heterocycles. The first kappa shape index (κ1) is 16.8. The van der Waals surface area contributed by atoms with Crippen LogP contribution in [0.3, 0.4) is 0 Å². The van der Waals surface area contributed by atoms with Crippen molar-refractivity contribution in [2.75, 3.05) is 19.6 Å². The Morgan fingerprint density at radius 2 is 2.00 bits per heavy atom. The van der Waals surface area contributed by atoms with E-state index < -0.39 is 0 Å². The molecule has 1 fully saturated rings. The van der Waals surface area contributed by atoms with Gasteiger partial charge in [-0.05, 0) is 42.1 Å². The Morgan fingerprint density at radius 1 is 1.18 bits per heavy atom. The van der Waals surface area contributed by atoms with E-state index in [2.05, 4.69) is 53.1 Å². The number of nitrogens with one attached hydrogen (secondary N) is 2. The van der Waals surface area contributed by atoms with E-state index in [4.69, 9.17) is 0 Å². The molecule has 1 aliphatic heterocycles. The molecule has 0 aromatic heterocycles. The highest BCUT2D eigenvalue weighted by molar-refractivity contribution is 5.85. The Labute approximate surface area is 137 Å². The second-order valence-electron chi connectivity index (χ2n) is 5.77. The van der Waals surface area contributed by atoms with Crippen LogP contribution in [-0.4, -0.2) is 25.5 Å². The first-order valence-electron chi connectivity index (χ1n) is 7.79. The quantitative estimate of drug-likeness (QED) is 0.910. The van der Waals surface area contributed by atoms with Gasteiger partial charge in [-0.3, -0.25) is 4.79 Å². The summed E-state index contributed by atoms with van der Waals surface area (Å²) in [4.78, 5) is 12.0. The van der Waals surface area contributed by atoms with Gasteiger partial charge in [0.15, 0.2) is 0 Å². The van der Waals surface area contributed by atoms with Gasteiger partial charge >= 0.3 is 0 Å².